The van der Waals surface area contributed by atoms with E-state index in [1.165, 1.54) is 16.6 Å². The number of H-pyrrole nitrogens is 1. The van der Waals surface area contributed by atoms with Crippen molar-refractivity contribution in [2.24, 2.45) is 0 Å². The van der Waals surface area contributed by atoms with Crippen LogP contribution in [0, 0.1) is 0 Å². The molecule has 2 rings (SSSR count). The number of carbonyl (C=O) groups excluding carboxylic acids is 1. The number of para-hydroxylation sites is 1. The summed E-state index contributed by atoms with van der Waals surface area (Å²) in [4.78, 5) is 41.0. The third-order valence-electron chi connectivity index (χ3n) is 4.12. The second-order valence-corrected chi connectivity index (χ2v) is 6.20. The number of methoxy groups -OCH3 is 1. The number of carbonyl (C=O) groups is 1. The Bertz CT molecular complexity index is 907. The van der Waals surface area contributed by atoms with E-state index >= 15 is 0 Å². The molecule has 1 aromatic heterocycles. The van der Waals surface area contributed by atoms with Crippen LogP contribution in [0.5, 0.6) is 5.75 Å². The molecule has 0 aliphatic heterocycles. The Labute approximate surface area is 162 Å². The molecule has 9 nitrogen and oxygen atoms in total. The van der Waals surface area contributed by atoms with Crippen molar-refractivity contribution in [3.63, 3.8) is 0 Å². The average Bonchev–Trinajstić information content (AvgIpc) is 2.67. The van der Waals surface area contributed by atoms with Crippen molar-refractivity contribution in [1.29, 1.82) is 0 Å². The van der Waals surface area contributed by atoms with Gasteiger partial charge >= 0.3 is 5.69 Å². The van der Waals surface area contributed by atoms with Gasteiger partial charge in [0, 0.05) is 20.2 Å². The standard InChI is InChI=1S/C19H26N4O5/c1-4-10-23-16(20)15(17(24)21-19(23)26)22(11-12-27-3)18(25)13(2)28-14-8-6-5-7-9-14/h5-9,13H,4,10-12,20H2,1-3H3,(H,21,24,26). The molecule has 152 valence electrons. The third kappa shape index (κ3) is 4.80. The second kappa shape index (κ2) is 9.75. The molecule has 1 unspecified atom stereocenters. The molecule has 9 heteroatoms. The summed E-state index contributed by atoms with van der Waals surface area (Å²) in [5, 5.41) is 0. The lowest BCUT2D eigenvalue weighted by molar-refractivity contribution is -0.124. The van der Waals surface area contributed by atoms with Gasteiger partial charge in [-0.2, -0.15) is 0 Å². The van der Waals surface area contributed by atoms with Crippen molar-refractivity contribution in [2.45, 2.75) is 32.9 Å². The topological polar surface area (TPSA) is 120 Å². The average molecular weight is 390 g/mol. The molecule has 28 heavy (non-hydrogen) atoms. The molecule has 0 fully saturated rings. The Kier molecular flexibility index (Phi) is 7.39. The van der Waals surface area contributed by atoms with Gasteiger partial charge in [0.25, 0.3) is 11.5 Å². The van der Waals surface area contributed by atoms with Crippen molar-refractivity contribution in [2.75, 3.05) is 30.9 Å². The Morgan fingerprint density at radius 3 is 2.57 bits per heavy atom. The molecule has 1 aromatic carbocycles. The van der Waals surface area contributed by atoms with Crippen LogP contribution in [0.25, 0.3) is 0 Å². The monoisotopic (exact) mass is 390 g/mol. The smallest absolute Gasteiger partial charge is 0.330 e. The highest BCUT2D eigenvalue weighted by Gasteiger charge is 2.28. The third-order valence-corrected chi connectivity index (χ3v) is 4.12. The zero-order valence-corrected chi connectivity index (χ0v) is 16.3. The van der Waals surface area contributed by atoms with Crippen LogP contribution in [-0.2, 0) is 16.1 Å². The lowest BCUT2D eigenvalue weighted by atomic mass is 10.2. The van der Waals surface area contributed by atoms with E-state index in [9.17, 15) is 14.4 Å². The van der Waals surface area contributed by atoms with Gasteiger partial charge in [0.05, 0.1) is 6.61 Å². The fourth-order valence-electron chi connectivity index (χ4n) is 2.77. The van der Waals surface area contributed by atoms with Crippen molar-refractivity contribution >= 4 is 17.4 Å². The molecule has 2 aromatic rings. The zero-order chi connectivity index (χ0) is 20.7. The largest absolute Gasteiger partial charge is 0.481 e. The first kappa shape index (κ1) is 21.2. The molecule has 0 radical (unpaired) electrons. The number of nitrogens with two attached hydrogens (primary N) is 1. The van der Waals surface area contributed by atoms with Crippen LogP contribution >= 0.6 is 0 Å². The summed E-state index contributed by atoms with van der Waals surface area (Å²) >= 11 is 0. The van der Waals surface area contributed by atoms with Gasteiger partial charge in [0.1, 0.15) is 11.6 Å². The van der Waals surface area contributed by atoms with E-state index in [-0.39, 0.29) is 24.7 Å². The maximum Gasteiger partial charge on any atom is 0.330 e. The molecule has 0 saturated carbocycles. The number of ether oxygens (including phenoxy) is 2. The first-order valence-electron chi connectivity index (χ1n) is 9.05. The number of hydrogen-bond acceptors (Lipinski definition) is 6. The van der Waals surface area contributed by atoms with Crippen molar-refractivity contribution in [3.05, 3.63) is 51.2 Å². The fraction of sp³-hybridized carbons (Fsp3) is 0.421. The number of nitrogens with one attached hydrogen (secondary N) is 1. The lowest BCUT2D eigenvalue weighted by Gasteiger charge is -2.27. The molecule has 0 aliphatic rings. The maximum absolute atomic E-state index is 13.1. The number of nitrogens with zero attached hydrogens (tertiary/aromatic N) is 2. The summed E-state index contributed by atoms with van der Waals surface area (Å²) in [5.41, 5.74) is 4.68. The fourth-order valence-corrected chi connectivity index (χ4v) is 2.77. The SMILES string of the molecule is CCCn1c(N)c(N(CCOC)C(=O)C(C)Oc2ccccc2)c(=O)[nH]c1=O. The summed E-state index contributed by atoms with van der Waals surface area (Å²) in [5.74, 6) is -0.0142. The highest BCUT2D eigenvalue weighted by atomic mass is 16.5. The molecule has 0 bridgehead atoms. The Balaban J connectivity index is 2.43. The summed E-state index contributed by atoms with van der Waals surface area (Å²) in [7, 11) is 1.48. The van der Waals surface area contributed by atoms with Crippen LogP contribution in [0.4, 0.5) is 11.5 Å². The normalized spacial score (nSPS) is 11.8. The van der Waals surface area contributed by atoms with Gasteiger partial charge < -0.3 is 15.2 Å². The van der Waals surface area contributed by atoms with Gasteiger partial charge in [0.15, 0.2) is 11.8 Å². The Morgan fingerprint density at radius 1 is 1.29 bits per heavy atom. The number of nitrogen functional groups attached to an aromatic ring is 1. The Morgan fingerprint density at radius 2 is 1.96 bits per heavy atom. The van der Waals surface area contributed by atoms with E-state index in [0.29, 0.717) is 18.7 Å². The Hall–Kier alpha value is -3.07. The van der Waals surface area contributed by atoms with Crippen LogP contribution in [0.1, 0.15) is 20.3 Å². The van der Waals surface area contributed by atoms with E-state index in [4.69, 9.17) is 15.2 Å². The van der Waals surface area contributed by atoms with E-state index in [2.05, 4.69) is 4.98 Å². The van der Waals surface area contributed by atoms with E-state index in [0.717, 1.165) is 0 Å². The molecule has 1 atom stereocenters. The number of anilines is 2. The number of rotatable bonds is 9. The van der Waals surface area contributed by atoms with Gasteiger partial charge in [-0.25, -0.2) is 4.79 Å². The van der Waals surface area contributed by atoms with Gasteiger partial charge in [-0.05, 0) is 25.5 Å². The summed E-state index contributed by atoms with van der Waals surface area (Å²) < 4.78 is 12.0. The molecule has 0 aliphatic carbocycles. The minimum absolute atomic E-state index is 0.0630. The molecule has 1 heterocycles. The minimum atomic E-state index is -0.885. The van der Waals surface area contributed by atoms with Crippen molar-refractivity contribution in [3.8, 4) is 5.75 Å². The van der Waals surface area contributed by atoms with Crippen molar-refractivity contribution < 1.29 is 14.3 Å². The highest BCUT2D eigenvalue weighted by Crippen LogP contribution is 2.19. The molecular weight excluding hydrogens is 364 g/mol. The summed E-state index contributed by atoms with van der Waals surface area (Å²) in [6.07, 6.45) is -0.251. The highest BCUT2D eigenvalue weighted by molar-refractivity contribution is 5.98. The van der Waals surface area contributed by atoms with Crippen LogP contribution in [-0.4, -0.2) is 41.8 Å². The number of hydrogen-bond donors (Lipinski definition) is 2. The first-order valence-corrected chi connectivity index (χ1v) is 9.05. The van der Waals surface area contributed by atoms with E-state index < -0.39 is 23.3 Å². The van der Waals surface area contributed by atoms with Gasteiger partial charge in [-0.3, -0.25) is 24.0 Å². The van der Waals surface area contributed by atoms with E-state index in [1.807, 2.05) is 13.0 Å². The lowest BCUT2D eigenvalue weighted by Crippen LogP contribution is -2.47. The van der Waals surface area contributed by atoms with Crippen LogP contribution in [0.2, 0.25) is 0 Å². The minimum Gasteiger partial charge on any atom is -0.481 e. The van der Waals surface area contributed by atoms with Gasteiger partial charge in [-0.15, -0.1) is 0 Å². The number of amides is 1. The van der Waals surface area contributed by atoms with Crippen molar-refractivity contribution in [1.82, 2.24) is 9.55 Å². The quantitative estimate of drug-likeness (QED) is 0.658. The summed E-state index contributed by atoms with van der Waals surface area (Å²) in [6.45, 7) is 4.03. The molecule has 0 saturated heterocycles. The van der Waals surface area contributed by atoms with E-state index in [1.54, 1.807) is 31.2 Å². The molecule has 1 amide bonds. The van der Waals surface area contributed by atoms with Gasteiger partial charge in [0.2, 0.25) is 0 Å². The zero-order valence-electron chi connectivity index (χ0n) is 16.3. The second-order valence-electron chi connectivity index (χ2n) is 6.20. The first-order chi connectivity index (χ1) is 13.4. The number of benzene rings is 1. The van der Waals surface area contributed by atoms with Crippen LogP contribution in [0.15, 0.2) is 39.9 Å². The predicted molar refractivity (Wildman–Crippen MR) is 107 cm³/mol. The molecule has 0 spiro atoms. The summed E-state index contributed by atoms with van der Waals surface area (Å²) in [6, 6.07) is 8.87. The number of aromatic amines is 1. The maximum atomic E-state index is 13.1. The van der Waals surface area contributed by atoms with Crippen LogP contribution < -0.4 is 26.6 Å². The molecule has 3 N–H and O–H groups in total. The molecular formula is C19H26N4O5. The number of aromatic nitrogens is 2. The predicted octanol–water partition coefficient (Wildman–Crippen LogP) is 0.976. The van der Waals surface area contributed by atoms with Gasteiger partial charge in [-0.1, -0.05) is 25.1 Å². The van der Waals surface area contributed by atoms with Crippen LogP contribution in [0.3, 0.4) is 0 Å².